The summed E-state index contributed by atoms with van der Waals surface area (Å²) in [6, 6.07) is 0. The molecule has 1 aromatic heterocycles. The number of nitrogens with one attached hydrogen (secondary N) is 2. The van der Waals surface area contributed by atoms with Crippen molar-refractivity contribution in [3.63, 3.8) is 0 Å². The Balaban J connectivity index is 1.57. The number of fused-ring (bicyclic) bond motifs is 1. The molecule has 1 unspecified atom stereocenters. The smallest absolute Gasteiger partial charge is 0.310 e. The van der Waals surface area contributed by atoms with Crippen molar-refractivity contribution in [1.29, 1.82) is 0 Å². The number of nitrogens with two attached hydrogens (primary N) is 1. The first-order valence-corrected chi connectivity index (χ1v) is 8.82. The van der Waals surface area contributed by atoms with Gasteiger partial charge in [0.1, 0.15) is 5.69 Å². The molecule has 3 rings (SSSR count). The second-order valence-corrected chi connectivity index (χ2v) is 6.43. The van der Waals surface area contributed by atoms with Crippen molar-refractivity contribution in [2.24, 2.45) is 5.92 Å². The number of aromatic amines is 1. The van der Waals surface area contributed by atoms with Gasteiger partial charge in [-0.2, -0.15) is 4.98 Å². The standard InChI is InChI=1S/C16H24N6O4/c1-2-26-15(25)10-4-3-6-21(8-10)11(23)5-7-22-9-18-12-13(22)19-16(17)20-14(12)24/h10,18H,2-9H2,1H3,(H3,17,19,20,24). The highest BCUT2D eigenvalue weighted by Crippen LogP contribution is 2.26. The molecule has 2 aliphatic rings. The molecule has 0 spiro atoms. The highest BCUT2D eigenvalue weighted by Gasteiger charge is 2.30. The number of piperidine rings is 1. The normalized spacial score (nSPS) is 19.0. The number of carbonyl (C=O) groups is 2. The zero-order valence-electron chi connectivity index (χ0n) is 14.8. The van der Waals surface area contributed by atoms with E-state index < -0.39 is 0 Å². The molecule has 3 heterocycles. The molecule has 0 bridgehead atoms. The average Bonchev–Trinajstić information content (AvgIpc) is 3.03. The lowest BCUT2D eigenvalue weighted by atomic mass is 9.98. The number of nitrogen functional groups attached to an aromatic ring is 1. The summed E-state index contributed by atoms with van der Waals surface area (Å²) in [6.45, 7) is 3.98. The Morgan fingerprint density at radius 2 is 2.23 bits per heavy atom. The third-order valence-electron chi connectivity index (χ3n) is 4.65. The van der Waals surface area contributed by atoms with E-state index in [2.05, 4.69) is 15.3 Å². The number of hydrogen-bond acceptors (Lipinski definition) is 8. The molecule has 1 atom stereocenters. The monoisotopic (exact) mass is 364 g/mol. The topological polar surface area (TPSA) is 134 Å². The first-order chi connectivity index (χ1) is 12.5. The van der Waals surface area contributed by atoms with Crippen LogP contribution in [0.15, 0.2) is 4.79 Å². The lowest BCUT2D eigenvalue weighted by Gasteiger charge is -2.32. The largest absolute Gasteiger partial charge is 0.466 e. The summed E-state index contributed by atoms with van der Waals surface area (Å²) in [5, 5.41) is 2.96. The van der Waals surface area contributed by atoms with E-state index in [9.17, 15) is 14.4 Å². The number of esters is 1. The van der Waals surface area contributed by atoms with Crippen LogP contribution in [0.3, 0.4) is 0 Å². The maximum atomic E-state index is 12.5. The second-order valence-electron chi connectivity index (χ2n) is 6.43. The fourth-order valence-electron chi connectivity index (χ4n) is 3.35. The molecule has 1 fully saturated rings. The highest BCUT2D eigenvalue weighted by atomic mass is 16.5. The molecule has 0 aromatic carbocycles. The quantitative estimate of drug-likeness (QED) is 0.608. The molecule has 4 N–H and O–H groups in total. The Hall–Kier alpha value is -2.78. The van der Waals surface area contributed by atoms with Gasteiger partial charge in [0, 0.05) is 26.1 Å². The van der Waals surface area contributed by atoms with Gasteiger partial charge in [0.15, 0.2) is 5.82 Å². The number of aromatic nitrogens is 2. The van der Waals surface area contributed by atoms with Gasteiger partial charge in [-0.15, -0.1) is 0 Å². The van der Waals surface area contributed by atoms with E-state index in [4.69, 9.17) is 10.5 Å². The third-order valence-corrected chi connectivity index (χ3v) is 4.65. The van der Waals surface area contributed by atoms with E-state index in [0.717, 1.165) is 12.8 Å². The molecule has 1 aromatic rings. The maximum absolute atomic E-state index is 12.5. The van der Waals surface area contributed by atoms with Gasteiger partial charge in [0.2, 0.25) is 11.9 Å². The highest BCUT2D eigenvalue weighted by molar-refractivity contribution is 5.79. The molecule has 0 aliphatic carbocycles. The van der Waals surface area contributed by atoms with Crippen LogP contribution in [0.25, 0.3) is 0 Å². The number of rotatable bonds is 5. The minimum Gasteiger partial charge on any atom is -0.466 e. The van der Waals surface area contributed by atoms with Gasteiger partial charge in [0.05, 0.1) is 19.2 Å². The van der Waals surface area contributed by atoms with Crippen molar-refractivity contribution in [3.05, 3.63) is 10.4 Å². The predicted molar refractivity (Wildman–Crippen MR) is 95.7 cm³/mol. The lowest BCUT2D eigenvalue weighted by Crippen LogP contribution is -2.43. The molecule has 0 radical (unpaired) electrons. The zero-order chi connectivity index (χ0) is 18.7. The van der Waals surface area contributed by atoms with Crippen LogP contribution < -0.4 is 21.5 Å². The Labute approximate surface area is 150 Å². The van der Waals surface area contributed by atoms with Gasteiger partial charge in [-0.25, -0.2) is 0 Å². The van der Waals surface area contributed by atoms with E-state index in [1.54, 1.807) is 11.8 Å². The Morgan fingerprint density at radius 1 is 1.42 bits per heavy atom. The van der Waals surface area contributed by atoms with Crippen LogP contribution in [0.5, 0.6) is 0 Å². The summed E-state index contributed by atoms with van der Waals surface area (Å²) in [4.78, 5) is 46.4. The fraction of sp³-hybridized carbons (Fsp3) is 0.625. The van der Waals surface area contributed by atoms with E-state index in [1.807, 2.05) is 4.90 Å². The Bertz CT molecular complexity index is 749. The number of hydrogen-bond donors (Lipinski definition) is 3. The molecule has 2 aliphatic heterocycles. The van der Waals surface area contributed by atoms with Gasteiger partial charge in [0.25, 0.3) is 5.56 Å². The summed E-state index contributed by atoms with van der Waals surface area (Å²) >= 11 is 0. The Morgan fingerprint density at radius 3 is 3.00 bits per heavy atom. The lowest BCUT2D eigenvalue weighted by molar-refractivity contribution is -0.151. The van der Waals surface area contributed by atoms with Crippen molar-refractivity contribution in [1.82, 2.24) is 14.9 Å². The van der Waals surface area contributed by atoms with Gasteiger partial charge in [-0.1, -0.05) is 0 Å². The summed E-state index contributed by atoms with van der Waals surface area (Å²) in [5.41, 5.74) is 5.64. The minimum atomic E-state index is -0.324. The van der Waals surface area contributed by atoms with Crippen LogP contribution in [0.1, 0.15) is 26.2 Å². The van der Waals surface area contributed by atoms with E-state index >= 15 is 0 Å². The van der Waals surface area contributed by atoms with Crippen molar-refractivity contribution < 1.29 is 14.3 Å². The second kappa shape index (κ2) is 7.63. The molecular formula is C16H24N6O4. The predicted octanol–water partition coefficient (Wildman–Crippen LogP) is -0.267. The van der Waals surface area contributed by atoms with Crippen molar-refractivity contribution in [2.45, 2.75) is 26.2 Å². The van der Waals surface area contributed by atoms with Crippen molar-refractivity contribution in [2.75, 3.05) is 48.9 Å². The Kier molecular flexibility index (Phi) is 5.29. The first-order valence-electron chi connectivity index (χ1n) is 8.82. The number of ether oxygens (including phenoxy) is 1. The summed E-state index contributed by atoms with van der Waals surface area (Å²) in [7, 11) is 0. The number of nitrogens with zero attached hydrogens (tertiary/aromatic N) is 3. The fourth-order valence-corrected chi connectivity index (χ4v) is 3.35. The summed E-state index contributed by atoms with van der Waals surface area (Å²) < 4.78 is 5.07. The number of H-pyrrole nitrogens is 1. The van der Waals surface area contributed by atoms with Crippen molar-refractivity contribution >= 4 is 29.3 Å². The van der Waals surface area contributed by atoms with Crippen LogP contribution in [0.2, 0.25) is 0 Å². The molecule has 10 nitrogen and oxygen atoms in total. The first kappa shape index (κ1) is 18.0. The number of anilines is 3. The molecule has 0 saturated carbocycles. The van der Waals surface area contributed by atoms with Crippen LogP contribution in [0.4, 0.5) is 17.5 Å². The van der Waals surface area contributed by atoms with Gasteiger partial charge >= 0.3 is 5.97 Å². The van der Waals surface area contributed by atoms with Crippen LogP contribution in [-0.2, 0) is 14.3 Å². The molecular weight excluding hydrogens is 340 g/mol. The SMILES string of the molecule is CCOC(=O)C1CCCN(C(=O)CCN2CNc3c2nc(N)[nH]c3=O)C1. The van der Waals surface area contributed by atoms with Crippen molar-refractivity contribution in [3.8, 4) is 0 Å². The maximum Gasteiger partial charge on any atom is 0.310 e. The van der Waals surface area contributed by atoms with Crippen LogP contribution >= 0.6 is 0 Å². The molecule has 142 valence electrons. The molecule has 1 saturated heterocycles. The minimum absolute atomic E-state index is 0.0229. The van der Waals surface area contributed by atoms with E-state index in [-0.39, 0.29) is 35.7 Å². The van der Waals surface area contributed by atoms with Gasteiger partial charge in [-0.05, 0) is 19.8 Å². The molecule has 26 heavy (non-hydrogen) atoms. The van der Waals surface area contributed by atoms with E-state index in [1.165, 1.54) is 0 Å². The van der Waals surface area contributed by atoms with Crippen LogP contribution in [0, 0.1) is 5.92 Å². The molecule has 1 amide bonds. The summed E-state index contributed by atoms with van der Waals surface area (Å²) in [5.74, 6) is -0.00198. The summed E-state index contributed by atoms with van der Waals surface area (Å²) in [6.07, 6.45) is 1.81. The average molecular weight is 364 g/mol. The third kappa shape index (κ3) is 3.73. The number of likely N-dealkylation sites (tertiary alicyclic amines) is 1. The van der Waals surface area contributed by atoms with Gasteiger partial charge < -0.3 is 25.6 Å². The van der Waals surface area contributed by atoms with Gasteiger partial charge in [-0.3, -0.25) is 19.4 Å². The molecule has 10 heteroatoms. The zero-order valence-corrected chi connectivity index (χ0v) is 14.8. The van der Waals surface area contributed by atoms with Crippen LogP contribution in [-0.4, -0.2) is 59.7 Å². The number of carbonyl (C=O) groups excluding carboxylic acids is 2. The van der Waals surface area contributed by atoms with E-state index in [0.29, 0.717) is 44.4 Å². The number of amides is 1.